The minimum absolute atomic E-state index is 0.0534. The molecule has 3 aromatic rings. The maximum Gasteiger partial charge on any atom is 0.425 e. The molecule has 0 fully saturated rings. The van der Waals surface area contributed by atoms with Gasteiger partial charge in [0.15, 0.2) is 11.3 Å². The van der Waals surface area contributed by atoms with Gasteiger partial charge in [-0.3, -0.25) is 14.6 Å². The third-order valence-corrected chi connectivity index (χ3v) is 5.71. The molecule has 194 valence electrons. The number of nitrogens with zero attached hydrogens (tertiary/aromatic N) is 2. The molecule has 2 heterocycles. The molecule has 36 heavy (non-hydrogen) atoms. The molecule has 1 atom stereocenters. The maximum absolute atomic E-state index is 15.2. The number of pyridine rings is 1. The number of carbonyl (C=O) groups is 1. The number of hydrogen-bond donors (Lipinski definition) is 3. The van der Waals surface area contributed by atoms with E-state index in [1.807, 2.05) is 0 Å². The van der Waals surface area contributed by atoms with Gasteiger partial charge in [-0.05, 0) is 44.5 Å². The molecule has 1 unspecified atom stereocenters. The summed E-state index contributed by atoms with van der Waals surface area (Å²) in [7, 11) is -3.73. The quantitative estimate of drug-likeness (QED) is 0.362. The Kier molecular flexibility index (Phi) is 7.50. The van der Waals surface area contributed by atoms with Gasteiger partial charge in [0.05, 0.1) is 23.2 Å². The summed E-state index contributed by atoms with van der Waals surface area (Å²) in [6.45, 7) is 3.81. The normalized spacial score (nSPS) is 12.8. The van der Waals surface area contributed by atoms with Crippen molar-refractivity contribution >= 4 is 39.0 Å². The largest absolute Gasteiger partial charge is 0.480 e. The fraction of sp³-hybridized carbons (Fsp3) is 0.286. The molecule has 0 bridgehead atoms. The van der Waals surface area contributed by atoms with E-state index in [0.717, 1.165) is 19.2 Å². The Morgan fingerprint density at radius 3 is 2.44 bits per heavy atom. The third-order valence-electron chi connectivity index (χ3n) is 4.88. The zero-order chi connectivity index (χ0) is 27.0. The first-order valence-electron chi connectivity index (χ1n) is 10.1. The number of hydrogen-bond acceptors (Lipinski definition) is 6. The molecular weight excluding hydrogens is 530 g/mol. The van der Waals surface area contributed by atoms with Gasteiger partial charge in [-0.1, -0.05) is 17.7 Å². The number of ether oxygens (including phenoxy) is 1. The SMILES string of the molecule is Cc1ccc(-c2cc(OC(C)C(F)(F)F)c(C(=O)Nc3c(Cl)n[nH]c3C)cc2F)nc1NS(C)(=O)=O. The summed E-state index contributed by atoms with van der Waals surface area (Å²) >= 11 is 5.90. The van der Waals surface area contributed by atoms with Crippen LogP contribution >= 0.6 is 11.6 Å². The monoisotopic (exact) mass is 549 g/mol. The number of alkyl halides is 3. The third kappa shape index (κ3) is 6.23. The van der Waals surface area contributed by atoms with E-state index in [9.17, 15) is 26.4 Å². The van der Waals surface area contributed by atoms with E-state index in [1.54, 1.807) is 6.92 Å². The lowest BCUT2D eigenvalue weighted by Crippen LogP contribution is -2.32. The topological polar surface area (TPSA) is 126 Å². The van der Waals surface area contributed by atoms with E-state index >= 15 is 4.39 Å². The number of nitrogens with one attached hydrogen (secondary N) is 3. The molecule has 1 aromatic carbocycles. The van der Waals surface area contributed by atoms with Gasteiger partial charge >= 0.3 is 6.18 Å². The van der Waals surface area contributed by atoms with Gasteiger partial charge in [0.2, 0.25) is 10.0 Å². The number of aryl methyl sites for hydroxylation is 2. The predicted molar refractivity (Wildman–Crippen MR) is 125 cm³/mol. The Hall–Kier alpha value is -3.39. The van der Waals surface area contributed by atoms with Gasteiger partial charge in [-0.25, -0.2) is 17.8 Å². The van der Waals surface area contributed by atoms with Crippen LogP contribution in [0.15, 0.2) is 24.3 Å². The lowest BCUT2D eigenvalue weighted by molar-refractivity contribution is -0.189. The smallest absolute Gasteiger partial charge is 0.425 e. The standard InChI is InChI=1S/C21H20ClF4N5O4S/c1-9-5-6-15(27-19(9)31-36(4,33)34)12-8-16(35-11(3)21(24,25)26)13(7-14(12)23)20(32)28-17-10(2)29-30-18(17)22/h5-8,11H,1-4H3,(H,27,31)(H,28,32)(H,29,30). The first-order valence-corrected chi connectivity index (χ1v) is 12.4. The molecule has 0 radical (unpaired) electrons. The number of carbonyl (C=O) groups excluding carboxylic acids is 1. The first-order chi connectivity index (χ1) is 16.6. The Labute approximate surface area is 208 Å². The van der Waals surface area contributed by atoms with E-state index in [0.29, 0.717) is 17.3 Å². The lowest BCUT2D eigenvalue weighted by atomic mass is 10.0. The molecule has 2 aromatic heterocycles. The Bertz CT molecular complexity index is 1410. The highest BCUT2D eigenvalue weighted by molar-refractivity contribution is 7.92. The number of halogens is 5. The van der Waals surface area contributed by atoms with Crippen LogP contribution in [0.3, 0.4) is 0 Å². The highest BCUT2D eigenvalue weighted by Crippen LogP contribution is 2.34. The van der Waals surface area contributed by atoms with Gasteiger partial charge < -0.3 is 10.1 Å². The summed E-state index contributed by atoms with van der Waals surface area (Å²) in [6.07, 6.45) is -6.25. The molecule has 0 saturated carbocycles. The summed E-state index contributed by atoms with van der Waals surface area (Å²) < 4.78 is 85.3. The highest BCUT2D eigenvalue weighted by Gasteiger charge is 2.39. The van der Waals surface area contributed by atoms with Crippen molar-refractivity contribution in [3.63, 3.8) is 0 Å². The van der Waals surface area contributed by atoms with Gasteiger partial charge in [0.25, 0.3) is 5.91 Å². The fourth-order valence-corrected chi connectivity index (χ4v) is 3.75. The average Bonchev–Trinajstić information content (AvgIpc) is 3.06. The van der Waals surface area contributed by atoms with E-state index in [-0.39, 0.29) is 27.9 Å². The van der Waals surface area contributed by atoms with Gasteiger partial charge in [0.1, 0.15) is 23.1 Å². The number of aromatic nitrogens is 3. The van der Waals surface area contributed by atoms with E-state index in [4.69, 9.17) is 16.3 Å². The second kappa shape index (κ2) is 9.93. The van der Waals surface area contributed by atoms with Crippen LogP contribution in [0.1, 0.15) is 28.5 Å². The maximum atomic E-state index is 15.2. The minimum Gasteiger partial charge on any atom is -0.480 e. The van der Waals surface area contributed by atoms with Crippen LogP contribution in [-0.4, -0.2) is 48.0 Å². The van der Waals surface area contributed by atoms with Gasteiger partial charge in [0, 0.05) is 5.56 Å². The molecule has 0 aliphatic rings. The van der Waals surface area contributed by atoms with Crippen LogP contribution in [0.5, 0.6) is 5.75 Å². The molecule has 0 aliphatic carbocycles. The van der Waals surface area contributed by atoms with Crippen molar-refractivity contribution in [2.45, 2.75) is 33.1 Å². The molecule has 3 rings (SSSR count). The van der Waals surface area contributed by atoms with E-state index in [1.165, 1.54) is 19.1 Å². The average molecular weight is 550 g/mol. The molecule has 0 aliphatic heterocycles. The van der Waals surface area contributed by atoms with Crippen molar-refractivity contribution < 1.29 is 35.5 Å². The summed E-state index contributed by atoms with van der Waals surface area (Å²) in [5.41, 5.74) is -0.177. The fourth-order valence-electron chi connectivity index (χ4n) is 2.97. The second-order valence-electron chi connectivity index (χ2n) is 7.83. The second-order valence-corrected chi connectivity index (χ2v) is 9.94. The highest BCUT2D eigenvalue weighted by atomic mass is 35.5. The van der Waals surface area contributed by atoms with Crippen LogP contribution < -0.4 is 14.8 Å². The van der Waals surface area contributed by atoms with Crippen LogP contribution in [0, 0.1) is 19.7 Å². The van der Waals surface area contributed by atoms with Crippen LogP contribution in [0.4, 0.5) is 29.1 Å². The van der Waals surface area contributed by atoms with Crippen molar-refractivity contribution in [2.24, 2.45) is 0 Å². The zero-order valence-electron chi connectivity index (χ0n) is 19.2. The summed E-state index contributed by atoms with van der Waals surface area (Å²) in [5.74, 6) is -2.73. The summed E-state index contributed by atoms with van der Waals surface area (Å²) in [5, 5.41) is 8.47. The van der Waals surface area contributed by atoms with E-state index in [2.05, 4.69) is 25.2 Å². The predicted octanol–water partition coefficient (Wildman–Crippen LogP) is 4.83. The summed E-state index contributed by atoms with van der Waals surface area (Å²) in [6, 6.07) is 4.36. The summed E-state index contributed by atoms with van der Waals surface area (Å²) in [4.78, 5) is 17.0. The van der Waals surface area contributed by atoms with Crippen LogP contribution in [0.2, 0.25) is 5.15 Å². The van der Waals surface area contributed by atoms with Crippen LogP contribution in [-0.2, 0) is 10.0 Å². The molecule has 0 spiro atoms. The van der Waals surface area contributed by atoms with Crippen molar-refractivity contribution in [1.29, 1.82) is 0 Å². The molecule has 15 heteroatoms. The number of anilines is 2. The number of benzene rings is 1. The van der Waals surface area contributed by atoms with Gasteiger partial charge in [-0.2, -0.15) is 18.3 Å². The number of sulfonamides is 1. The van der Waals surface area contributed by atoms with Crippen molar-refractivity contribution in [3.8, 4) is 17.0 Å². The minimum atomic E-state index is -4.79. The Morgan fingerprint density at radius 1 is 1.22 bits per heavy atom. The Balaban J connectivity index is 2.12. The van der Waals surface area contributed by atoms with Crippen LogP contribution in [0.25, 0.3) is 11.3 Å². The number of rotatable bonds is 7. The Morgan fingerprint density at radius 2 is 1.89 bits per heavy atom. The molecular formula is C21H20ClF4N5O4S. The molecule has 3 N–H and O–H groups in total. The van der Waals surface area contributed by atoms with E-state index < -0.39 is 45.3 Å². The van der Waals surface area contributed by atoms with Crippen molar-refractivity contribution in [3.05, 3.63) is 52.1 Å². The van der Waals surface area contributed by atoms with Gasteiger partial charge in [-0.15, -0.1) is 0 Å². The lowest BCUT2D eigenvalue weighted by Gasteiger charge is -2.20. The van der Waals surface area contributed by atoms with Crippen molar-refractivity contribution in [1.82, 2.24) is 15.2 Å². The first kappa shape index (κ1) is 27.2. The molecule has 9 nitrogen and oxygen atoms in total. The molecule has 1 amide bonds. The van der Waals surface area contributed by atoms with Crippen molar-refractivity contribution in [2.75, 3.05) is 16.3 Å². The molecule has 0 saturated heterocycles. The zero-order valence-corrected chi connectivity index (χ0v) is 20.8. The number of amides is 1. The number of H-pyrrole nitrogens is 1. The number of aromatic amines is 1.